The van der Waals surface area contributed by atoms with E-state index in [1.807, 2.05) is 0 Å². The maximum absolute atomic E-state index is 11.9. The number of hydrogen-bond donors (Lipinski definition) is 2. The van der Waals surface area contributed by atoms with Gasteiger partial charge in [-0.2, -0.15) is 0 Å². The van der Waals surface area contributed by atoms with E-state index in [9.17, 15) is 38.4 Å². The van der Waals surface area contributed by atoms with Crippen molar-refractivity contribution in [2.75, 3.05) is 13.1 Å². The number of carbonyl (C=O) groups is 8. The van der Waals surface area contributed by atoms with Gasteiger partial charge in [-0.1, -0.05) is 12.8 Å². The van der Waals surface area contributed by atoms with Crippen LogP contribution in [0.4, 0.5) is 0 Å². The number of hydroxylamine groups is 4. The number of hydrogen-bond acceptors (Lipinski definition) is 10. The van der Waals surface area contributed by atoms with Gasteiger partial charge in [0.2, 0.25) is 11.8 Å². The van der Waals surface area contributed by atoms with Crippen molar-refractivity contribution in [3.63, 3.8) is 0 Å². The molecule has 40 heavy (non-hydrogen) atoms. The zero-order valence-electron chi connectivity index (χ0n) is 22.7. The smallest absolute Gasteiger partial charge is 0.333 e. The van der Waals surface area contributed by atoms with Gasteiger partial charge in [-0.3, -0.25) is 28.8 Å². The molecule has 2 saturated heterocycles. The van der Waals surface area contributed by atoms with Gasteiger partial charge in [-0.05, 0) is 38.5 Å². The zero-order valence-corrected chi connectivity index (χ0v) is 22.7. The van der Waals surface area contributed by atoms with Crippen molar-refractivity contribution in [2.24, 2.45) is 0 Å². The second kappa shape index (κ2) is 17.7. The van der Waals surface area contributed by atoms with Crippen LogP contribution in [-0.4, -0.2) is 70.6 Å². The van der Waals surface area contributed by atoms with Gasteiger partial charge >= 0.3 is 11.9 Å². The first-order valence-corrected chi connectivity index (χ1v) is 13.8. The Bertz CT molecular complexity index is 859. The minimum absolute atomic E-state index is 0.0548. The van der Waals surface area contributed by atoms with Gasteiger partial charge in [0.05, 0.1) is 0 Å². The summed E-state index contributed by atoms with van der Waals surface area (Å²) < 4.78 is 0. The first-order valence-electron chi connectivity index (χ1n) is 13.8. The quantitative estimate of drug-likeness (QED) is 0.169. The Morgan fingerprint density at radius 3 is 1.18 bits per heavy atom. The molecule has 2 aliphatic heterocycles. The predicted molar refractivity (Wildman–Crippen MR) is 136 cm³/mol. The molecule has 14 nitrogen and oxygen atoms in total. The molecular weight excluding hydrogens is 528 g/mol. The SMILES string of the molecule is O=C(CCCCC(=O)NCCCCCC(=O)ON1C(=O)CCC1=O)NCCCCCC(=O)ON1C(=O)CCC1=O. The molecule has 0 unspecified atom stereocenters. The molecule has 2 heterocycles. The molecule has 0 aromatic carbocycles. The molecule has 2 N–H and O–H groups in total. The van der Waals surface area contributed by atoms with Crippen LogP contribution in [0.25, 0.3) is 0 Å². The number of rotatable bonds is 19. The molecule has 6 amide bonds. The molecule has 222 valence electrons. The minimum Gasteiger partial charge on any atom is -0.356 e. The number of carbonyl (C=O) groups excluding carboxylic acids is 8. The standard InChI is InChI=1S/C26H38N4O10/c31-19(27-17-7-1-3-11-25(37)39-29-21(33)13-14-22(29)34)9-5-6-10-20(32)28-18-8-2-4-12-26(38)40-30-23(35)15-16-24(30)36/h1-18H2,(H,27,31)(H,28,32). The Kier molecular flexibility index (Phi) is 14.3. The van der Waals surface area contributed by atoms with E-state index < -0.39 is 35.6 Å². The second-order valence-corrected chi connectivity index (χ2v) is 9.62. The third kappa shape index (κ3) is 12.3. The second-order valence-electron chi connectivity index (χ2n) is 9.62. The monoisotopic (exact) mass is 566 g/mol. The Morgan fingerprint density at radius 1 is 0.500 bits per heavy atom. The van der Waals surface area contributed by atoms with Crippen molar-refractivity contribution in [3.05, 3.63) is 0 Å². The van der Waals surface area contributed by atoms with Crippen molar-refractivity contribution < 1.29 is 48.0 Å². The Morgan fingerprint density at radius 2 is 0.825 bits per heavy atom. The summed E-state index contributed by atoms with van der Waals surface area (Å²) in [6, 6.07) is 0. The van der Waals surface area contributed by atoms with Crippen LogP contribution < -0.4 is 10.6 Å². The lowest BCUT2D eigenvalue weighted by atomic mass is 10.1. The van der Waals surface area contributed by atoms with E-state index in [1.165, 1.54) is 0 Å². The Hall–Kier alpha value is -3.84. The Labute approximate surface area is 232 Å². The average molecular weight is 567 g/mol. The van der Waals surface area contributed by atoms with Crippen LogP contribution in [-0.2, 0) is 48.0 Å². The van der Waals surface area contributed by atoms with Crippen LogP contribution >= 0.6 is 0 Å². The summed E-state index contributed by atoms with van der Waals surface area (Å²) in [6.07, 6.45) is 5.83. The number of unbranched alkanes of at least 4 members (excludes halogenated alkanes) is 5. The molecule has 0 spiro atoms. The van der Waals surface area contributed by atoms with Gasteiger partial charge < -0.3 is 20.3 Å². The van der Waals surface area contributed by atoms with Crippen LogP contribution in [0, 0.1) is 0 Å². The fourth-order valence-corrected chi connectivity index (χ4v) is 3.96. The van der Waals surface area contributed by atoms with E-state index in [-0.39, 0.29) is 50.3 Å². The first kappa shape index (κ1) is 32.4. The highest BCUT2D eigenvalue weighted by atomic mass is 16.7. The third-order valence-electron chi connectivity index (χ3n) is 6.22. The topological polar surface area (TPSA) is 186 Å². The van der Waals surface area contributed by atoms with Crippen molar-refractivity contribution in [1.82, 2.24) is 20.8 Å². The summed E-state index contributed by atoms with van der Waals surface area (Å²) in [4.78, 5) is 102. The maximum Gasteiger partial charge on any atom is 0.333 e. The summed E-state index contributed by atoms with van der Waals surface area (Å²) in [5, 5.41) is 6.65. The highest BCUT2D eigenvalue weighted by molar-refractivity contribution is 6.02. The molecule has 2 fully saturated rings. The van der Waals surface area contributed by atoms with Crippen molar-refractivity contribution in [2.45, 2.75) is 103 Å². The lowest BCUT2D eigenvalue weighted by molar-refractivity contribution is -0.197. The van der Waals surface area contributed by atoms with Gasteiger partial charge in [0.1, 0.15) is 0 Å². The van der Waals surface area contributed by atoms with Crippen LogP contribution in [0.3, 0.4) is 0 Å². The highest BCUT2D eigenvalue weighted by Crippen LogP contribution is 2.14. The fourth-order valence-electron chi connectivity index (χ4n) is 3.96. The summed E-state index contributed by atoms with van der Waals surface area (Å²) in [5.41, 5.74) is 0. The fraction of sp³-hybridized carbons (Fsp3) is 0.692. The van der Waals surface area contributed by atoms with Crippen LogP contribution in [0.15, 0.2) is 0 Å². The van der Waals surface area contributed by atoms with E-state index in [0.717, 1.165) is 0 Å². The van der Waals surface area contributed by atoms with Crippen LogP contribution in [0.5, 0.6) is 0 Å². The van der Waals surface area contributed by atoms with E-state index in [4.69, 9.17) is 9.68 Å². The van der Waals surface area contributed by atoms with E-state index >= 15 is 0 Å². The molecule has 2 aliphatic rings. The van der Waals surface area contributed by atoms with Crippen molar-refractivity contribution in [3.8, 4) is 0 Å². The summed E-state index contributed by atoms with van der Waals surface area (Å²) in [6.45, 7) is 0.924. The molecule has 0 aliphatic carbocycles. The largest absolute Gasteiger partial charge is 0.356 e. The van der Waals surface area contributed by atoms with E-state index in [1.54, 1.807) is 0 Å². The minimum atomic E-state index is -0.633. The molecular formula is C26H38N4O10. The van der Waals surface area contributed by atoms with Gasteiger partial charge in [0.25, 0.3) is 23.6 Å². The van der Waals surface area contributed by atoms with E-state index in [0.29, 0.717) is 87.4 Å². The maximum atomic E-state index is 11.9. The molecule has 0 atom stereocenters. The predicted octanol–water partition coefficient (Wildman–Crippen LogP) is 1.11. The molecule has 0 radical (unpaired) electrons. The van der Waals surface area contributed by atoms with E-state index in [2.05, 4.69) is 10.6 Å². The van der Waals surface area contributed by atoms with Crippen molar-refractivity contribution in [1.29, 1.82) is 0 Å². The molecule has 0 aromatic heterocycles. The summed E-state index contributed by atoms with van der Waals surface area (Å²) in [7, 11) is 0. The van der Waals surface area contributed by atoms with Crippen LogP contribution in [0.1, 0.15) is 103 Å². The lowest BCUT2D eigenvalue weighted by Crippen LogP contribution is -2.32. The first-order chi connectivity index (χ1) is 19.2. The van der Waals surface area contributed by atoms with Crippen molar-refractivity contribution >= 4 is 47.4 Å². The molecule has 14 heteroatoms. The number of imide groups is 2. The van der Waals surface area contributed by atoms with Gasteiger partial charge in [-0.15, -0.1) is 10.1 Å². The normalized spacial score (nSPS) is 15.0. The molecule has 2 rings (SSSR count). The number of nitrogens with zero attached hydrogens (tertiary/aromatic N) is 2. The summed E-state index contributed by atoms with van der Waals surface area (Å²) >= 11 is 0. The third-order valence-corrected chi connectivity index (χ3v) is 6.22. The zero-order chi connectivity index (χ0) is 29.3. The van der Waals surface area contributed by atoms with Crippen LogP contribution in [0.2, 0.25) is 0 Å². The molecule has 0 saturated carbocycles. The van der Waals surface area contributed by atoms with Gasteiger partial charge in [-0.25, -0.2) is 9.59 Å². The average Bonchev–Trinajstić information content (AvgIpc) is 3.40. The lowest BCUT2D eigenvalue weighted by Gasteiger charge is -2.12. The number of amides is 6. The molecule has 0 aromatic rings. The summed E-state index contributed by atoms with van der Waals surface area (Å²) in [5.74, 6) is -3.52. The Balaban J connectivity index is 1.35. The van der Waals surface area contributed by atoms with Gasteiger partial charge in [0.15, 0.2) is 0 Å². The molecule has 0 bridgehead atoms. The number of nitrogens with one attached hydrogen (secondary N) is 2. The van der Waals surface area contributed by atoms with Gasteiger partial charge in [0, 0.05) is 64.5 Å². The highest BCUT2D eigenvalue weighted by Gasteiger charge is 2.33.